The van der Waals surface area contributed by atoms with Gasteiger partial charge in [-0.25, -0.2) is 0 Å². The highest BCUT2D eigenvalue weighted by Crippen LogP contribution is 2.22. The Hall–Kier alpha value is -1.56. The van der Waals surface area contributed by atoms with Crippen LogP contribution in [-0.4, -0.2) is 11.9 Å². The van der Waals surface area contributed by atoms with Crippen LogP contribution in [0.15, 0.2) is 36.4 Å². The van der Waals surface area contributed by atoms with Crippen LogP contribution < -0.4 is 10.6 Å². The minimum absolute atomic E-state index is 0.0337. The highest BCUT2D eigenvalue weighted by molar-refractivity contribution is 14.1. The highest BCUT2D eigenvalue weighted by Gasteiger charge is 2.15. The van der Waals surface area contributed by atoms with Crippen molar-refractivity contribution in [2.75, 3.05) is 10.6 Å². The van der Waals surface area contributed by atoms with Crippen molar-refractivity contribution in [3.05, 3.63) is 56.7 Å². The van der Waals surface area contributed by atoms with Crippen molar-refractivity contribution in [2.24, 2.45) is 0 Å². The van der Waals surface area contributed by atoms with Crippen LogP contribution in [0.1, 0.15) is 23.6 Å². The summed E-state index contributed by atoms with van der Waals surface area (Å²) in [6, 6.07) is 11.9. The van der Waals surface area contributed by atoms with Crippen LogP contribution in [0.5, 0.6) is 0 Å². The Kier molecular flexibility index (Phi) is 5.45. The lowest BCUT2D eigenvalue weighted by molar-refractivity contribution is -0.116. The van der Waals surface area contributed by atoms with Crippen LogP contribution >= 0.6 is 22.6 Å². The van der Waals surface area contributed by atoms with Gasteiger partial charge in [-0.2, -0.15) is 0 Å². The molecule has 3 nitrogen and oxygen atoms in total. The molecule has 2 rings (SSSR count). The Morgan fingerprint density at radius 1 is 1.05 bits per heavy atom. The fraction of sp³-hybridized carbons (Fsp3) is 0.278. The zero-order chi connectivity index (χ0) is 16.3. The first kappa shape index (κ1) is 16.8. The van der Waals surface area contributed by atoms with Crippen LogP contribution in [0.4, 0.5) is 11.4 Å². The van der Waals surface area contributed by atoms with E-state index in [1.807, 2.05) is 45.0 Å². The maximum atomic E-state index is 12.4. The Morgan fingerprint density at radius 2 is 1.59 bits per heavy atom. The monoisotopic (exact) mass is 408 g/mol. The molecule has 0 spiro atoms. The van der Waals surface area contributed by atoms with E-state index in [0.29, 0.717) is 0 Å². The number of rotatable bonds is 4. The molecule has 22 heavy (non-hydrogen) atoms. The molecule has 2 aromatic carbocycles. The zero-order valence-corrected chi connectivity index (χ0v) is 15.5. The number of anilines is 2. The number of benzene rings is 2. The minimum atomic E-state index is -0.305. The summed E-state index contributed by atoms with van der Waals surface area (Å²) in [5, 5.41) is 6.26. The predicted molar refractivity (Wildman–Crippen MR) is 102 cm³/mol. The number of carbonyl (C=O) groups is 1. The summed E-state index contributed by atoms with van der Waals surface area (Å²) >= 11 is 2.26. The van der Waals surface area contributed by atoms with Gasteiger partial charge in [-0.05, 0) is 85.7 Å². The summed E-state index contributed by atoms with van der Waals surface area (Å²) in [5.74, 6) is -0.0337. The summed E-state index contributed by atoms with van der Waals surface area (Å²) in [7, 11) is 0. The molecule has 116 valence electrons. The Labute approximate surface area is 145 Å². The number of nitrogens with one attached hydrogen (secondary N) is 2. The standard InChI is InChI=1S/C18H21IN2O/c1-11-9-12(2)17(13(3)10-11)21-18(22)14(4)20-16-7-5-15(19)6-8-16/h5-10,14,20H,1-4H3,(H,21,22)/t14-/m0/s1. The van der Waals surface area contributed by atoms with Gasteiger partial charge in [0.15, 0.2) is 0 Å². The molecule has 1 atom stereocenters. The molecule has 0 aliphatic heterocycles. The van der Waals surface area contributed by atoms with Crippen molar-refractivity contribution in [3.8, 4) is 0 Å². The van der Waals surface area contributed by atoms with E-state index in [9.17, 15) is 4.79 Å². The Balaban J connectivity index is 2.07. The van der Waals surface area contributed by atoms with Crippen molar-refractivity contribution in [1.82, 2.24) is 0 Å². The highest BCUT2D eigenvalue weighted by atomic mass is 127. The van der Waals surface area contributed by atoms with Gasteiger partial charge >= 0.3 is 0 Å². The van der Waals surface area contributed by atoms with Crippen LogP contribution in [0.25, 0.3) is 0 Å². The number of carbonyl (C=O) groups excluding carboxylic acids is 1. The van der Waals surface area contributed by atoms with Crippen LogP contribution in [0.2, 0.25) is 0 Å². The van der Waals surface area contributed by atoms with E-state index < -0.39 is 0 Å². The molecule has 0 saturated heterocycles. The normalized spacial score (nSPS) is 11.9. The summed E-state index contributed by atoms with van der Waals surface area (Å²) in [4.78, 5) is 12.4. The summed E-state index contributed by atoms with van der Waals surface area (Å²) < 4.78 is 1.17. The molecule has 1 amide bonds. The summed E-state index contributed by atoms with van der Waals surface area (Å²) in [6.45, 7) is 7.97. The van der Waals surface area contributed by atoms with E-state index in [4.69, 9.17) is 0 Å². The molecule has 0 bridgehead atoms. The minimum Gasteiger partial charge on any atom is -0.374 e. The molecule has 0 aliphatic rings. The molecule has 0 fully saturated rings. The van der Waals surface area contributed by atoms with E-state index in [1.165, 1.54) is 9.13 Å². The van der Waals surface area contributed by atoms with Gasteiger partial charge in [-0.1, -0.05) is 17.7 Å². The van der Waals surface area contributed by atoms with Crippen LogP contribution in [-0.2, 0) is 4.79 Å². The van der Waals surface area contributed by atoms with Gasteiger partial charge in [0.05, 0.1) is 0 Å². The number of amides is 1. The fourth-order valence-corrected chi connectivity index (χ4v) is 2.83. The average Bonchev–Trinajstić information content (AvgIpc) is 2.45. The first-order valence-corrected chi connectivity index (χ1v) is 8.35. The molecule has 0 aliphatic carbocycles. The number of hydrogen-bond acceptors (Lipinski definition) is 2. The van der Waals surface area contributed by atoms with Crippen molar-refractivity contribution >= 4 is 39.9 Å². The van der Waals surface area contributed by atoms with E-state index in [2.05, 4.69) is 52.3 Å². The molecule has 0 unspecified atom stereocenters. The molecule has 0 aromatic heterocycles. The van der Waals surface area contributed by atoms with Crippen molar-refractivity contribution < 1.29 is 4.79 Å². The summed E-state index contributed by atoms with van der Waals surface area (Å²) in [6.07, 6.45) is 0. The number of halogens is 1. The van der Waals surface area contributed by atoms with Gasteiger partial charge in [-0.3, -0.25) is 4.79 Å². The maximum absolute atomic E-state index is 12.4. The van der Waals surface area contributed by atoms with Gasteiger partial charge < -0.3 is 10.6 Å². The molecule has 2 N–H and O–H groups in total. The number of aryl methyl sites for hydroxylation is 3. The largest absolute Gasteiger partial charge is 0.374 e. The first-order valence-electron chi connectivity index (χ1n) is 7.27. The average molecular weight is 408 g/mol. The molecule has 0 heterocycles. The Bertz CT molecular complexity index is 657. The van der Waals surface area contributed by atoms with Gasteiger partial charge in [0.25, 0.3) is 0 Å². The van der Waals surface area contributed by atoms with Gasteiger partial charge in [0.2, 0.25) is 5.91 Å². The van der Waals surface area contributed by atoms with Gasteiger partial charge in [-0.15, -0.1) is 0 Å². The fourth-order valence-electron chi connectivity index (χ4n) is 2.47. The van der Waals surface area contributed by atoms with E-state index in [-0.39, 0.29) is 11.9 Å². The third kappa shape index (κ3) is 4.22. The lowest BCUT2D eigenvalue weighted by Gasteiger charge is -2.18. The molecular weight excluding hydrogens is 387 g/mol. The second-order valence-electron chi connectivity index (χ2n) is 5.64. The zero-order valence-electron chi connectivity index (χ0n) is 13.3. The van der Waals surface area contributed by atoms with Crippen molar-refractivity contribution in [1.29, 1.82) is 0 Å². The molecule has 0 saturated carbocycles. The lowest BCUT2D eigenvalue weighted by atomic mass is 10.0. The van der Waals surface area contributed by atoms with Crippen LogP contribution in [0, 0.1) is 24.3 Å². The maximum Gasteiger partial charge on any atom is 0.246 e. The van der Waals surface area contributed by atoms with E-state index in [0.717, 1.165) is 22.5 Å². The third-order valence-electron chi connectivity index (χ3n) is 3.55. The van der Waals surface area contributed by atoms with Crippen molar-refractivity contribution in [2.45, 2.75) is 33.7 Å². The second-order valence-corrected chi connectivity index (χ2v) is 6.88. The molecular formula is C18H21IN2O. The van der Waals surface area contributed by atoms with Crippen molar-refractivity contribution in [3.63, 3.8) is 0 Å². The topological polar surface area (TPSA) is 41.1 Å². The SMILES string of the molecule is Cc1cc(C)c(NC(=O)[C@H](C)Nc2ccc(I)cc2)c(C)c1. The van der Waals surface area contributed by atoms with Gasteiger partial charge in [0.1, 0.15) is 6.04 Å². The predicted octanol–water partition coefficient (Wildman–Crippen LogP) is 4.66. The lowest BCUT2D eigenvalue weighted by Crippen LogP contribution is -2.32. The smallest absolute Gasteiger partial charge is 0.246 e. The number of hydrogen-bond donors (Lipinski definition) is 2. The second kappa shape index (κ2) is 7.13. The molecule has 4 heteroatoms. The quantitative estimate of drug-likeness (QED) is 0.723. The van der Waals surface area contributed by atoms with E-state index in [1.54, 1.807) is 0 Å². The third-order valence-corrected chi connectivity index (χ3v) is 4.27. The van der Waals surface area contributed by atoms with Gasteiger partial charge in [0, 0.05) is 14.9 Å². The van der Waals surface area contributed by atoms with Crippen LogP contribution in [0.3, 0.4) is 0 Å². The van der Waals surface area contributed by atoms with E-state index >= 15 is 0 Å². The molecule has 2 aromatic rings. The molecule has 0 radical (unpaired) electrons. The Morgan fingerprint density at radius 3 is 2.14 bits per heavy atom. The summed E-state index contributed by atoms with van der Waals surface area (Å²) in [5.41, 5.74) is 5.24. The first-order chi connectivity index (χ1) is 10.4.